The maximum absolute atomic E-state index is 12.1. The number of carboxylic acid groups (broad SMARTS) is 1. The minimum atomic E-state index is -3.58. The summed E-state index contributed by atoms with van der Waals surface area (Å²) in [7, 11) is -2.20. The van der Waals surface area contributed by atoms with E-state index in [9.17, 15) is 23.4 Å². The third kappa shape index (κ3) is 8.11. The molecule has 3 N–H and O–H groups in total. The average molecular weight is 496 g/mol. The Morgan fingerprint density at radius 2 is 1.82 bits per heavy atom. The van der Waals surface area contributed by atoms with Crippen molar-refractivity contribution >= 4 is 39.8 Å². The molecular formula is C22H29N3O6S2. The van der Waals surface area contributed by atoms with Crippen molar-refractivity contribution in [3.63, 3.8) is 0 Å². The Morgan fingerprint density at radius 1 is 1.18 bits per heavy atom. The maximum Gasteiger partial charge on any atom is 0.305 e. The fraction of sp³-hybridized carbons (Fsp3) is 0.409. The number of nitrogens with zero attached hydrogens (tertiary/aromatic N) is 3. The number of anilines is 1. The number of hydrogen-bond acceptors (Lipinski definition) is 8. The first-order chi connectivity index (χ1) is 15.4. The van der Waals surface area contributed by atoms with Crippen molar-refractivity contribution in [3.8, 4) is 0 Å². The van der Waals surface area contributed by atoms with E-state index in [0.29, 0.717) is 16.3 Å². The first kappa shape index (κ1) is 26.8. The van der Waals surface area contributed by atoms with Gasteiger partial charge in [-0.2, -0.15) is 0 Å². The monoisotopic (exact) mass is 495 g/mol. The molecule has 0 fully saturated rings. The number of rotatable bonds is 11. The van der Waals surface area contributed by atoms with Gasteiger partial charge in [-0.25, -0.2) is 22.7 Å². The lowest BCUT2D eigenvalue weighted by Gasteiger charge is -2.20. The number of aliphatic hydroxyl groups is 2. The Labute approximate surface area is 198 Å². The van der Waals surface area contributed by atoms with Crippen LogP contribution in [0.15, 0.2) is 46.3 Å². The van der Waals surface area contributed by atoms with Crippen molar-refractivity contribution in [2.45, 2.75) is 54.7 Å². The van der Waals surface area contributed by atoms with E-state index in [1.807, 2.05) is 44.2 Å². The quantitative estimate of drug-likeness (QED) is 0.401. The highest BCUT2D eigenvalue weighted by Crippen LogP contribution is 2.35. The van der Waals surface area contributed by atoms with Crippen LogP contribution in [0.2, 0.25) is 0 Å². The highest BCUT2D eigenvalue weighted by molar-refractivity contribution is 7.99. The van der Waals surface area contributed by atoms with Crippen molar-refractivity contribution in [1.29, 1.82) is 0 Å². The summed E-state index contributed by atoms with van der Waals surface area (Å²) in [4.78, 5) is 20.6. The number of benzene rings is 1. The van der Waals surface area contributed by atoms with Gasteiger partial charge in [0.15, 0.2) is 0 Å². The molecule has 33 heavy (non-hydrogen) atoms. The van der Waals surface area contributed by atoms with Crippen LogP contribution in [0.5, 0.6) is 0 Å². The number of aliphatic carboxylic acids is 1. The topological polar surface area (TPSA) is 141 Å². The number of aromatic nitrogens is 2. The SMILES string of the molecule is CC(C)c1nc(N(C)S(C)(=O)=O)nc(Sc2ccccc2)c1/C=C/[C@@H](O)C[C@@H](O)CC(=O)O. The summed E-state index contributed by atoms with van der Waals surface area (Å²) in [5.74, 6) is -1.21. The first-order valence-corrected chi connectivity index (χ1v) is 12.9. The van der Waals surface area contributed by atoms with E-state index in [2.05, 4.69) is 9.97 Å². The van der Waals surface area contributed by atoms with Gasteiger partial charge in [-0.05, 0) is 18.1 Å². The molecule has 2 rings (SSSR count). The van der Waals surface area contributed by atoms with E-state index in [1.165, 1.54) is 24.9 Å². The van der Waals surface area contributed by atoms with Crippen molar-refractivity contribution in [1.82, 2.24) is 9.97 Å². The largest absolute Gasteiger partial charge is 0.481 e. The number of sulfonamides is 1. The molecule has 0 unspecified atom stereocenters. The van der Waals surface area contributed by atoms with Gasteiger partial charge in [-0.3, -0.25) is 4.79 Å². The second-order valence-corrected chi connectivity index (χ2v) is 10.9. The summed E-state index contributed by atoms with van der Waals surface area (Å²) in [5, 5.41) is 29.3. The Balaban J connectivity index is 2.52. The first-order valence-electron chi connectivity index (χ1n) is 10.2. The molecule has 2 aromatic rings. The van der Waals surface area contributed by atoms with E-state index < -0.39 is 34.6 Å². The van der Waals surface area contributed by atoms with Crippen LogP contribution in [-0.4, -0.2) is 65.2 Å². The van der Waals surface area contributed by atoms with E-state index >= 15 is 0 Å². The lowest BCUT2D eigenvalue weighted by molar-refractivity contribution is -0.139. The van der Waals surface area contributed by atoms with Crippen LogP contribution in [0.1, 0.15) is 43.9 Å². The zero-order valence-electron chi connectivity index (χ0n) is 18.9. The third-order valence-corrected chi connectivity index (χ3v) is 6.79. The molecule has 9 nitrogen and oxygen atoms in total. The Morgan fingerprint density at radius 3 is 2.36 bits per heavy atom. The molecule has 0 aliphatic heterocycles. The van der Waals surface area contributed by atoms with Gasteiger partial charge in [0, 0.05) is 23.9 Å². The third-order valence-electron chi connectivity index (χ3n) is 4.62. The van der Waals surface area contributed by atoms with Gasteiger partial charge in [0.2, 0.25) is 16.0 Å². The van der Waals surface area contributed by atoms with Crippen LogP contribution in [0.4, 0.5) is 5.95 Å². The molecular weight excluding hydrogens is 466 g/mol. The zero-order valence-corrected chi connectivity index (χ0v) is 20.5. The van der Waals surface area contributed by atoms with Gasteiger partial charge in [-0.15, -0.1) is 0 Å². The van der Waals surface area contributed by atoms with Crippen molar-refractivity contribution < 1.29 is 28.5 Å². The number of carboxylic acids is 1. The van der Waals surface area contributed by atoms with Crippen LogP contribution in [0.3, 0.4) is 0 Å². The normalized spacial score (nSPS) is 13.9. The molecule has 0 saturated heterocycles. The highest BCUT2D eigenvalue weighted by atomic mass is 32.2. The molecule has 0 radical (unpaired) electrons. The predicted octanol–water partition coefficient (Wildman–Crippen LogP) is 2.75. The molecule has 0 spiro atoms. The van der Waals surface area contributed by atoms with Crippen LogP contribution < -0.4 is 4.31 Å². The van der Waals surface area contributed by atoms with Crippen molar-refractivity contribution in [2.24, 2.45) is 0 Å². The standard InChI is InChI=1S/C22H29N3O6S2/c1-14(2)20-18(11-10-15(26)12-16(27)13-19(28)29)21(32-17-8-6-5-7-9-17)24-22(23-20)25(3)33(4,30)31/h5-11,14-16,26-27H,12-13H2,1-4H3,(H,28,29)/b11-10+/t15-,16-/m1/s1. The van der Waals surface area contributed by atoms with E-state index in [4.69, 9.17) is 5.11 Å². The summed E-state index contributed by atoms with van der Waals surface area (Å²) in [6, 6.07) is 9.42. The summed E-state index contributed by atoms with van der Waals surface area (Å²) in [5.41, 5.74) is 1.19. The van der Waals surface area contributed by atoms with Crippen molar-refractivity contribution in [3.05, 3.63) is 47.7 Å². The second kappa shape index (κ2) is 11.6. The van der Waals surface area contributed by atoms with Crippen LogP contribution in [-0.2, 0) is 14.8 Å². The number of carbonyl (C=O) groups is 1. The summed E-state index contributed by atoms with van der Waals surface area (Å²) in [6.45, 7) is 3.82. The Hall–Kier alpha value is -2.47. The fourth-order valence-electron chi connectivity index (χ4n) is 2.87. The summed E-state index contributed by atoms with van der Waals surface area (Å²) in [6.07, 6.45) is 1.26. The molecule has 1 heterocycles. The Kier molecular flexibility index (Phi) is 9.41. The van der Waals surface area contributed by atoms with E-state index in [-0.39, 0.29) is 18.3 Å². The van der Waals surface area contributed by atoms with Gasteiger partial charge in [-0.1, -0.05) is 56.0 Å². The zero-order chi connectivity index (χ0) is 24.8. The van der Waals surface area contributed by atoms with Gasteiger partial charge < -0.3 is 15.3 Å². The molecule has 0 bridgehead atoms. The molecule has 1 aromatic carbocycles. The fourth-order valence-corrected chi connectivity index (χ4v) is 4.17. The molecule has 0 saturated carbocycles. The smallest absolute Gasteiger partial charge is 0.305 e. The molecule has 180 valence electrons. The predicted molar refractivity (Wildman–Crippen MR) is 128 cm³/mol. The van der Waals surface area contributed by atoms with Gasteiger partial charge >= 0.3 is 5.97 Å². The average Bonchev–Trinajstić information content (AvgIpc) is 2.71. The van der Waals surface area contributed by atoms with Gasteiger partial charge in [0.25, 0.3) is 0 Å². The molecule has 1 aromatic heterocycles. The highest BCUT2D eigenvalue weighted by Gasteiger charge is 2.22. The Bertz CT molecular complexity index is 1090. The minimum Gasteiger partial charge on any atom is -0.481 e. The molecule has 0 amide bonds. The number of hydrogen-bond donors (Lipinski definition) is 3. The molecule has 0 aliphatic carbocycles. The van der Waals surface area contributed by atoms with E-state index in [1.54, 1.807) is 6.08 Å². The van der Waals surface area contributed by atoms with Crippen LogP contribution >= 0.6 is 11.8 Å². The van der Waals surface area contributed by atoms with Crippen LogP contribution in [0, 0.1) is 0 Å². The van der Waals surface area contributed by atoms with Gasteiger partial charge in [0.05, 0.1) is 30.6 Å². The van der Waals surface area contributed by atoms with Crippen molar-refractivity contribution in [2.75, 3.05) is 17.6 Å². The van der Waals surface area contributed by atoms with Crippen LogP contribution in [0.25, 0.3) is 6.08 Å². The molecule has 0 aliphatic rings. The number of aliphatic hydroxyl groups excluding tert-OH is 2. The summed E-state index contributed by atoms with van der Waals surface area (Å²) >= 11 is 1.33. The second-order valence-electron chi connectivity index (χ2n) is 7.84. The van der Waals surface area contributed by atoms with Gasteiger partial charge in [0.1, 0.15) is 5.03 Å². The molecule has 11 heteroatoms. The minimum absolute atomic E-state index is 0.0363. The summed E-state index contributed by atoms with van der Waals surface area (Å²) < 4.78 is 25.2. The lowest BCUT2D eigenvalue weighted by Crippen LogP contribution is -2.27. The molecule has 2 atom stereocenters. The lowest BCUT2D eigenvalue weighted by atomic mass is 10.0. The van der Waals surface area contributed by atoms with E-state index in [0.717, 1.165) is 15.5 Å². The maximum atomic E-state index is 12.1.